The molecule has 0 saturated carbocycles. The number of rotatable bonds is 4. The summed E-state index contributed by atoms with van der Waals surface area (Å²) in [5.41, 5.74) is 4.26. The third-order valence-corrected chi connectivity index (χ3v) is 5.61. The van der Waals surface area contributed by atoms with Crippen molar-refractivity contribution in [2.75, 3.05) is 6.54 Å². The van der Waals surface area contributed by atoms with E-state index < -0.39 is 0 Å². The van der Waals surface area contributed by atoms with E-state index in [1.807, 2.05) is 47.1 Å². The van der Waals surface area contributed by atoms with Gasteiger partial charge in [-0.25, -0.2) is 9.97 Å². The van der Waals surface area contributed by atoms with Crippen LogP contribution in [0.3, 0.4) is 0 Å². The average molecular weight is 386 g/mol. The van der Waals surface area contributed by atoms with Crippen LogP contribution in [0.1, 0.15) is 28.8 Å². The van der Waals surface area contributed by atoms with Gasteiger partial charge in [-0.2, -0.15) is 5.10 Å². The summed E-state index contributed by atoms with van der Waals surface area (Å²) in [5, 5.41) is 7.76. The number of hydrogen-bond donors (Lipinski definition) is 1. The van der Waals surface area contributed by atoms with Gasteiger partial charge in [0.25, 0.3) is 5.91 Å². The highest BCUT2D eigenvalue weighted by molar-refractivity contribution is 6.07. The van der Waals surface area contributed by atoms with Crippen LogP contribution in [0.15, 0.2) is 55.4 Å². The predicted molar refractivity (Wildman–Crippen MR) is 110 cm³/mol. The number of imidazole rings is 1. The summed E-state index contributed by atoms with van der Waals surface area (Å²) >= 11 is 0. The number of nitrogens with one attached hydrogen (secondary N) is 1. The number of pyridine rings is 1. The maximum Gasteiger partial charge on any atom is 0.254 e. The normalized spacial score (nSPS) is 16.6. The zero-order valence-corrected chi connectivity index (χ0v) is 16.2. The fourth-order valence-electron chi connectivity index (χ4n) is 4.14. The van der Waals surface area contributed by atoms with Gasteiger partial charge in [-0.3, -0.25) is 9.89 Å². The van der Waals surface area contributed by atoms with Crippen LogP contribution in [-0.2, 0) is 6.54 Å². The molecule has 0 bridgehead atoms. The fraction of sp³-hybridized carbons (Fsp3) is 0.273. The van der Waals surface area contributed by atoms with E-state index in [9.17, 15) is 4.79 Å². The van der Waals surface area contributed by atoms with Crippen molar-refractivity contribution >= 4 is 16.8 Å². The molecule has 0 unspecified atom stereocenters. The molecule has 146 valence electrons. The van der Waals surface area contributed by atoms with E-state index in [1.54, 1.807) is 18.6 Å². The largest absolute Gasteiger partial charge is 0.335 e. The summed E-state index contributed by atoms with van der Waals surface area (Å²) in [7, 11) is 0. The first-order chi connectivity index (χ1) is 14.2. The molecule has 1 N–H and O–H groups in total. The van der Waals surface area contributed by atoms with Crippen LogP contribution >= 0.6 is 0 Å². The molecule has 7 heteroatoms. The molecule has 1 aliphatic rings. The van der Waals surface area contributed by atoms with Crippen molar-refractivity contribution in [1.82, 2.24) is 29.6 Å². The second-order valence-electron chi connectivity index (χ2n) is 7.62. The van der Waals surface area contributed by atoms with E-state index in [1.165, 1.54) is 0 Å². The summed E-state index contributed by atoms with van der Waals surface area (Å²) in [4.78, 5) is 24.6. The number of carbonyl (C=O) groups is 1. The second kappa shape index (κ2) is 7.16. The number of H-pyrrole nitrogens is 1. The van der Waals surface area contributed by atoms with Crippen LogP contribution in [0.5, 0.6) is 0 Å². The number of likely N-dealkylation sites (tertiary alicyclic amines) is 1. The molecule has 4 heterocycles. The van der Waals surface area contributed by atoms with Gasteiger partial charge in [-0.05, 0) is 38.0 Å². The molecule has 0 radical (unpaired) electrons. The number of aromatic amines is 1. The molecule has 29 heavy (non-hydrogen) atoms. The molecule has 1 atom stereocenters. The van der Waals surface area contributed by atoms with Crippen LogP contribution in [0.25, 0.3) is 22.2 Å². The Labute approximate surface area is 168 Å². The van der Waals surface area contributed by atoms with Crippen LogP contribution < -0.4 is 0 Å². The molecule has 1 aliphatic heterocycles. The van der Waals surface area contributed by atoms with Gasteiger partial charge in [0.15, 0.2) is 0 Å². The van der Waals surface area contributed by atoms with Crippen LogP contribution in [0.2, 0.25) is 0 Å². The fourth-order valence-corrected chi connectivity index (χ4v) is 4.14. The first kappa shape index (κ1) is 17.6. The van der Waals surface area contributed by atoms with E-state index in [-0.39, 0.29) is 11.9 Å². The Morgan fingerprint density at radius 2 is 2.24 bits per heavy atom. The third kappa shape index (κ3) is 3.29. The lowest BCUT2D eigenvalue weighted by molar-refractivity contribution is 0.0726. The van der Waals surface area contributed by atoms with Gasteiger partial charge < -0.3 is 9.47 Å². The molecule has 7 nitrogen and oxygen atoms in total. The van der Waals surface area contributed by atoms with Crippen molar-refractivity contribution < 1.29 is 4.79 Å². The molecule has 4 aromatic rings. The smallest absolute Gasteiger partial charge is 0.254 e. The highest BCUT2D eigenvalue weighted by Crippen LogP contribution is 2.29. The number of nitrogens with zero attached hydrogens (tertiary/aromatic N) is 5. The van der Waals surface area contributed by atoms with Gasteiger partial charge in [-0.1, -0.05) is 11.6 Å². The lowest BCUT2D eigenvalue weighted by Crippen LogP contribution is -2.38. The van der Waals surface area contributed by atoms with E-state index >= 15 is 0 Å². The standard InChI is InChI=1S/C22H22N6O/c1-15-4-5-20-18(9-15)19(10-21(26-20)16-11-24-25-12-16)22(29)28-7-2-3-17(28)13-27-8-6-23-14-27/h4-6,8-12,14,17H,2-3,7,13H2,1H3,(H,24,25)/t17-/m0/s1. The number of hydrogen-bond acceptors (Lipinski definition) is 4. The molecule has 1 fully saturated rings. The zero-order valence-electron chi connectivity index (χ0n) is 16.2. The van der Waals surface area contributed by atoms with Gasteiger partial charge in [0.2, 0.25) is 0 Å². The van der Waals surface area contributed by atoms with Crippen molar-refractivity contribution in [1.29, 1.82) is 0 Å². The summed E-state index contributed by atoms with van der Waals surface area (Å²) in [6.45, 7) is 3.58. The molecule has 0 spiro atoms. The SMILES string of the molecule is Cc1ccc2nc(-c3cn[nH]c3)cc(C(=O)N3CCC[C@H]3Cn3ccnc3)c2c1. The molecule has 0 aliphatic carbocycles. The maximum absolute atomic E-state index is 13.7. The van der Waals surface area contributed by atoms with E-state index in [2.05, 4.69) is 21.2 Å². The third-order valence-electron chi connectivity index (χ3n) is 5.61. The first-order valence-electron chi connectivity index (χ1n) is 9.86. The van der Waals surface area contributed by atoms with Gasteiger partial charge in [0.1, 0.15) is 0 Å². The summed E-state index contributed by atoms with van der Waals surface area (Å²) in [6.07, 6.45) is 11.1. The Balaban J connectivity index is 1.57. The van der Waals surface area contributed by atoms with Crippen molar-refractivity contribution in [2.24, 2.45) is 0 Å². The molecule has 1 saturated heterocycles. The quantitative estimate of drug-likeness (QED) is 0.583. The number of aromatic nitrogens is 5. The molecular formula is C22H22N6O. The number of carbonyl (C=O) groups excluding carboxylic acids is 1. The van der Waals surface area contributed by atoms with Crippen molar-refractivity contribution in [3.05, 3.63) is 66.5 Å². The van der Waals surface area contributed by atoms with Crippen LogP contribution in [0, 0.1) is 6.92 Å². The maximum atomic E-state index is 13.7. The molecule has 1 aromatic carbocycles. The minimum Gasteiger partial charge on any atom is -0.335 e. The number of amides is 1. The van der Waals surface area contributed by atoms with Crippen molar-refractivity contribution in [2.45, 2.75) is 32.4 Å². The topological polar surface area (TPSA) is 79.7 Å². The highest BCUT2D eigenvalue weighted by atomic mass is 16.2. The lowest BCUT2D eigenvalue weighted by atomic mass is 10.0. The highest BCUT2D eigenvalue weighted by Gasteiger charge is 2.31. The van der Waals surface area contributed by atoms with Gasteiger partial charge in [0.05, 0.1) is 29.3 Å². The molecule has 3 aromatic heterocycles. The Morgan fingerprint density at radius 1 is 1.31 bits per heavy atom. The molecule has 1 amide bonds. The van der Waals surface area contributed by atoms with Gasteiger partial charge in [-0.15, -0.1) is 0 Å². The van der Waals surface area contributed by atoms with E-state index in [0.29, 0.717) is 5.56 Å². The summed E-state index contributed by atoms with van der Waals surface area (Å²) in [6, 6.07) is 8.14. The number of fused-ring (bicyclic) bond motifs is 1. The second-order valence-corrected chi connectivity index (χ2v) is 7.62. The predicted octanol–water partition coefficient (Wildman–Crippen LogP) is 3.43. The van der Waals surface area contributed by atoms with Crippen LogP contribution in [-0.4, -0.2) is 48.1 Å². The Kier molecular flexibility index (Phi) is 4.35. The van der Waals surface area contributed by atoms with Crippen molar-refractivity contribution in [3.8, 4) is 11.3 Å². The van der Waals surface area contributed by atoms with Gasteiger partial charge >= 0.3 is 0 Å². The Bertz CT molecular complexity index is 1150. The lowest BCUT2D eigenvalue weighted by Gasteiger charge is -2.26. The number of benzene rings is 1. The zero-order chi connectivity index (χ0) is 19.8. The van der Waals surface area contributed by atoms with Crippen LogP contribution in [0.4, 0.5) is 0 Å². The van der Waals surface area contributed by atoms with E-state index in [0.717, 1.165) is 53.7 Å². The summed E-state index contributed by atoms with van der Waals surface area (Å²) in [5.74, 6) is 0.0651. The van der Waals surface area contributed by atoms with E-state index in [4.69, 9.17) is 4.98 Å². The summed E-state index contributed by atoms with van der Waals surface area (Å²) < 4.78 is 2.04. The van der Waals surface area contributed by atoms with Gasteiger partial charge in [0, 0.05) is 48.7 Å². The minimum atomic E-state index is 0.0651. The molecular weight excluding hydrogens is 364 g/mol. The Hall–Kier alpha value is -3.48. The van der Waals surface area contributed by atoms with Crippen molar-refractivity contribution in [3.63, 3.8) is 0 Å². The first-order valence-corrected chi connectivity index (χ1v) is 9.86. The minimum absolute atomic E-state index is 0.0651. The Morgan fingerprint density at radius 3 is 3.03 bits per heavy atom. The molecule has 5 rings (SSSR count). The monoisotopic (exact) mass is 386 g/mol. The number of aryl methyl sites for hydroxylation is 1. The average Bonchev–Trinajstić information content (AvgIpc) is 3.50.